The summed E-state index contributed by atoms with van der Waals surface area (Å²) in [5.41, 5.74) is 19.1. The number of hydrogen-bond acceptors (Lipinski definition) is 7. The first-order valence-corrected chi connectivity index (χ1v) is 28.7. The third-order valence-electron chi connectivity index (χ3n) is 16.1. The second kappa shape index (κ2) is 21.2. The maximum Gasteiger partial charge on any atom is 0.238 e. The normalized spacial score (nSPS) is 11.5. The highest BCUT2D eigenvalue weighted by Gasteiger charge is 2.22. The lowest BCUT2D eigenvalue weighted by Gasteiger charge is -2.14. The molecule has 16 rings (SSSR count). The van der Waals surface area contributed by atoms with Crippen LogP contribution in [0.5, 0.6) is 0 Å². The Kier molecular flexibility index (Phi) is 12.3. The van der Waals surface area contributed by atoms with Crippen molar-refractivity contribution in [3.05, 3.63) is 298 Å². The molecule has 5 aromatic heterocycles. The van der Waals surface area contributed by atoms with E-state index in [0.29, 0.717) is 29.2 Å². The fourth-order valence-electron chi connectivity index (χ4n) is 12.0. The second-order valence-electron chi connectivity index (χ2n) is 21.4. The van der Waals surface area contributed by atoms with E-state index >= 15 is 0 Å². The summed E-state index contributed by atoms with van der Waals surface area (Å²) in [4.78, 5) is 35.8. The second-order valence-corrected chi connectivity index (χ2v) is 21.4. The predicted molar refractivity (Wildman–Crippen MR) is 349 cm³/mol. The number of hydrogen-bond donors (Lipinski definition) is 0. The lowest BCUT2D eigenvalue weighted by molar-refractivity contribution is 0.953. The minimum atomic E-state index is 0.534. The molecule has 0 saturated carbocycles. The van der Waals surface area contributed by atoms with E-state index in [2.05, 4.69) is 215 Å². The average molecular weight is 1100 g/mol. The maximum absolute atomic E-state index is 5.41. The molecule has 11 aromatic carbocycles. The van der Waals surface area contributed by atoms with Crippen molar-refractivity contribution in [2.75, 3.05) is 0 Å². The van der Waals surface area contributed by atoms with Gasteiger partial charge in [0.05, 0.1) is 22.1 Å². The molecule has 0 unspecified atom stereocenters. The van der Waals surface area contributed by atoms with Crippen LogP contribution in [0, 0.1) is 0 Å². The number of aromatic nitrogens is 9. The van der Waals surface area contributed by atoms with E-state index in [0.717, 1.165) is 127 Å². The summed E-state index contributed by atoms with van der Waals surface area (Å²) < 4.78 is 4.53. The zero-order valence-corrected chi connectivity index (χ0v) is 46.3. The van der Waals surface area contributed by atoms with Crippen molar-refractivity contribution < 1.29 is 0 Å². The average Bonchev–Trinajstić information content (AvgIpc) is 2.08. The van der Waals surface area contributed by atoms with Crippen LogP contribution in [-0.4, -0.2) is 44.0 Å². The van der Waals surface area contributed by atoms with E-state index in [9.17, 15) is 0 Å². The van der Waals surface area contributed by atoms with E-state index in [1.165, 1.54) is 0 Å². The Morgan fingerprint density at radius 3 is 1.00 bits per heavy atom. The molecule has 5 heterocycles. The van der Waals surface area contributed by atoms with E-state index in [1.807, 2.05) is 91.5 Å². The van der Waals surface area contributed by atoms with E-state index in [1.54, 1.807) is 0 Å². The Labute approximate surface area is 495 Å². The number of para-hydroxylation sites is 2. The molecule has 0 atom stereocenters. The van der Waals surface area contributed by atoms with E-state index in [-0.39, 0.29) is 0 Å². The highest BCUT2D eigenvalue weighted by molar-refractivity contribution is 6.13. The first-order valence-electron chi connectivity index (χ1n) is 28.7. The SMILES string of the molecule is c1ccc(-c2cnc(-c3cc(-c4ncc(-c5ccccc5)cn4)cc(-n4c5ccccc5c5cc(-c6ccc7c(c6)c6ccccc6n7-c6nc(-c7ccccc7)nc(-c7cc(-c8ccccc8)cc(-c8ccccc8)c7)n6)ccc54)c3)nc2)cc1. The van der Waals surface area contributed by atoms with Crippen molar-refractivity contribution in [1.29, 1.82) is 0 Å². The van der Waals surface area contributed by atoms with Gasteiger partial charge in [-0.05, 0) is 117 Å². The van der Waals surface area contributed by atoms with Crippen LogP contribution in [-0.2, 0) is 0 Å². The minimum absolute atomic E-state index is 0.534. The highest BCUT2D eigenvalue weighted by Crippen LogP contribution is 2.41. The summed E-state index contributed by atoms with van der Waals surface area (Å²) in [5.74, 6) is 2.91. The summed E-state index contributed by atoms with van der Waals surface area (Å²) in [6.45, 7) is 0. The highest BCUT2D eigenvalue weighted by atomic mass is 15.2. The Morgan fingerprint density at radius 1 is 0.198 bits per heavy atom. The number of fused-ring (bicyclic) bond motifs is 6. The Bertz CT molecular complexity index is 5020. The van der Waals surface area contributed by atoms with E-state index < -0.39 is 0 Å². The summed E-state index contributed by atoms with van der Waals surface area (Å²) in [5, 5.41) is 4.43. The van der Waals surface area contributed by atoms with Crippen LogP contribution >= 0.6 is 0 Å². The van der Waals surface area contributed by atoms with Crippen molar-refractivity contribution in [3.63, 3.8) is 0 Å². The van der Waals surface area contributed by atoms with Crippen molar-refractivity contribution >= 4 is 43.6 Å². The van der Waals surface area contributed by atoms with Crippen molar-refractivity contribution in [3.8, 4) is 113 Å². The number of benzene rings is 11. The van der Waals surface area contributed by atoms with Crippen LogP contribution in [0.4, 0.5) is 0 Å². The van der Waals surface area contributed by atoms with Gasteiger partial charge >= 0.3 is 0 Å². The van der Waals surface area contributed by atoms with E-state index in [4.69, 9.17) is 34.9 Å². The molecule has 9 nitrogen and oxygen atoms in total. The first-order chi connectivity index (χ1) is 42.6. The molecule has 0 radical (unpaired) electrons. The van der Waals surface area contributed by atoms with Crippen LogP contribution in [0.15, 0.2) is 298 Å². The summed E-state index contributed by atoms with van der Waals surface area (Å²) in [6.07, 6.45) is 7.58. The zero-order chi connectivity index (χ0) is 56.9. The molecule has 0 saturated heterocycles. The lowest BCUT2D eigenvalue weighted by Crippen LogP contribution is -2.06. The largest absolute Gasteiger partial charge is 0.309 e. The van der Waals surface area contributed by atoms with Gasteiger partial charge < -0.3 is 4.57 Å². The van der Waals surface area contributed by atoms with Gasteiger partial charge in [0.2, 0.25) is 5.95 Å². The van der Waals surface area contributed by atoms with Gasteiger partial charge in [-0.1, -0.05) is 200 Å². The number of nitrogens with zero attached hydrogens (tertiary/aromatic N) is 9. The van der Waals surface area contributed by atoms with Crippen LogP contribution in [0.3, 0.4) is 0 Å². The molecular weight excluding hydrogens is 1050 g/mol. The fraction of sp³-hybridized carbons (Fsp3) is 0. The molecule has 0 bridgehead atoms. The quantitative estimate of drug-likeness (QED) is 0.127. The molecular formula is C77H49N9. The smallest absolute Gasteiger partial charge is 0.238 e. The third kappa shape index (κ3) is 9.13. The molecule has 0 aliphatic heterocycles. The zero-order valence-electron chi connectivity index (χ0n) is 46.3. The fourth-order valence-corrected chi connectivity index (χ4v) is 12.0. The molecule has 9 heteroatoms. The maximum atomic E-state index is 5.41. The molecule has 402 valence electrons. The van der Waals surface area contributed by atoms with Gasteiger partial charge in [0.25, 0.3) is 0 Å². The molecule has 0 fully saturated rings. The van der Waals surface area contributed by atoms with Crippen molar-refractivity contribution in [2.45, 2.75) is 0 Å². The van der Waals surface area contributed by atoms with Gasteiger partial charge in [-0.25, -0.2) is 24.9 Å². The van der Waals surface area contributed by atoms with Crippen molar-refractivity contribution in [2.24, 2.45) is 0 Å². The Hall–Kier alpha value is -11.8. The molecule has 0 N–H and O–H groups in total. The Morgan fingerprint density at radius 2 is 0.535 bits per heavy atom. The first kappa shape index (κ1) is 50.0. The molecule has 0 aliphatic carbocycles. The standard InChI is InChI=1S/C77H49N9/c1-6-20-50(21-7-1)57-38-58(51-22-8-2-9-23-51)40-59(39-57)76-82-75(54-28-14-5-15-29-54)83-77(84-76)86-70-33-19-17-31-66(70)68-45-56(35-37-72(68)86)55-34-36-71-67(44-55)65-30-16-18-32-69(65)85(71)64-42-60(73-78-46-62(47-79-73)52-24-10-3-11-25-52)41-61(43-64)74-80-48-63(49-81-74)53-26-12-4-13-27-53/h1-49H. The van der Waals surface area contributed by atoms with Crippen LogP contribution in [0.1, 0.15) is 0 Å². The van der Waals surface area contributed by atoms with Crippen molar-refractivity contribution in [1.82, 2.24) is 44.0 Å². The molecule has 0 spiro atoms. The number of rotatable bonds is 11. The topological polar surface area (TPSA) is 100 Å². The summed E-state index contributed by atoms with van der Waals surface area (Å²) in [7, 11) is 0. The van der Waals surface area contributed by atoms with Gasteiger partial charge in [-0.15, -0.1) is 0 Å². The predicted octanol–water partition coefficient (Wildman–Crippen LogP) is 18.6. The summed E-state index contributed by atoms with van der Waals surface area (Å²) in [6, 6.07) is 95.4. The van der Waals surface area contributed by atoms with Crippen LogP contribution in [0.2, 0.25) is 0 Å². The molecule has 0 amide bonds. The van der Waals surface area contributed by atoms with Crippen LogP contribution in [0.25, 0.3) is 156 Å². The van der Waals surface area contributed by atoms with Gasteiger partial charge in [-0.2, -0.15) is 9.97 Å². The van der Waals surface area contributed by atoms with Gasteiger partial charge in [-0.3, -0.25) is 4.57 Å². The van der Waals surface area contributed by atoms with Gasteiger partial charge in [0.15, 0.2) is 23.3 Å². The Balaban J connectivity index is 0.826. The molecule has 86 heavy (non-hydrogen) atoms. The summed E-state index contributed by atoms with van der Waals surface area (Å²) >= 11 is 0. The van der Waals surface area contributed by atoms with Gasteiger partial charge in [0, 0.05) is 85.4 Å². The molecule has 16 aromatic rings. The molecule has 0 aliphatic rings. The third-order valence-corrected chi connectivity index (χ3v) is 16.1. The minimum Gasteiger partial charge on any atom is -0.309 e. The monoisotopic (exact) mass is 1100 g/mol. The van der Waals surface area contributed by atoms with Gasteiger partial charge in [0.1, 0.15) is 0 Å². The lowest BCUT2D eigenvalue weighted by atomic mass is 9.96. The van der Waals surface area contributed by atoms with Crippen LogP contribution < -0.4 is 0 Å².